The Balaban J connectivity index is 1.59. The van der Waals surface area contributed by atoms with E-state index in [0.29, 0.717) is 12.2 Å². The van der Waals surface area contributed by atoms with E-state index in [1.54, 1.807) is 0 Å². The van der Waals surface area contributed by atoms with Gasteiger partial charge in [-0.3, -0.25) is 9.52 Å². The minimum absolute atomic E-state index is 0.0265. The van der Waals surface area contributed by atoms with Crippen molar-refractivity contribution in [1.82, 2.24) is 10.1 Å². The Hall–Kier alpha value is -2.39. The van der Waals surface area contributed by atoms with Crippen molar-refractivity contribution in [3.63, 3.8) is 0 Å². The summed E-state index contributed by atoms with van der Waals surface area (Å²) in [6.45, 7) is 0. The van der Waals surface area contributed by atoms with Gasteiger partial charge in [-0.2, -0.15) is 0 Å². The molecule has 0 aliphatic heterocycles. The van der Waals surface area contributed by atoms with Gasteiger partial charge in [-0.1, -0.05) is 27.2 Å². The van der Waals surface area contributed by atoms with Crippen molar-refractivity contribution in [1.29, 1.82) is 0 Å². The molecule has 2 heterocycles. The van der Waals surface area contributed by atoms with Crippen LogP contribution in [0.15, 0.2) is 55.2 Å². The predicted octanol–water partition coefficient (Wildman–Crippen LogP) is 3.18. The van der Waals surface area contributed by atoms with Gasteiger partial charge in [-0.15, -0.1) is 0 Å². The summed E-state index contributed by atoms with van der Waals surface area (Å²) in [6.07, 6.45) is 4.06. The predicted molar refractivity (Wildman–Crippen MR) is 102 cm³/mol. The molecule has 0 radical (unpaired) electrons. The highest BCUT2D eigenvalue weighted by Gasteiger charge is 2.50. The smallest absolute Gasteiger partial charge is 0.263 e. The standard InChI is InChI=1S/C18H14BrN3O4S/c19-10-1-2-14-12(7-10)16-13(9-18(14)4-5-18)17(21-26-16)22-27(24,25)11-3-6-20-15(23)8-11/h1-3,6-8H,4-5,9H2,(H,20,23)(H,21,22). The fourth-order valence-corrected chi connectivity index (χ4v) is 5.14. The van der Waals surface area contributed by atoms with E-state index in [1.165, 1.54) is 17.8 Å². The molecule has 5 rings (SSSR count). The number of aromatic nitrogens is 2. The number of sulfonamides is 1. The number of aromatic amines is 1. The number of rotatable bonds is 3. The van der Waals surface area contributed by atoms with E-state index in [-0.39, 0.29) is 16.1 Å². The van der Waals surface area contributed by atoms with Crippen LogP contribution in [-0.4, -0.2) is 18.6 Å². The molecule has 7 nitrogen and oxygen atoms in total. The van der Waals surface area contributed by atoms with E-state index in [2.05, 4.69) is 36.9 Å². The molecule has 27 heavy (non-hydrogen) atoms. The molecule has 1 fully saturated rings. The maximum Gasteiger partial charge on any atom is 0.263 e. The van der Waals surface area contributed by atoms with Gasteiger partial charge in [0, 0.05) is 33.3 Å². The third-order valence-electron chi connectivity index (χ3n) is 5.24. The lowest BCUT2D eigenvalue weighted by Crippen LogP contribution is -2.20. The largest absolute Gasteiger partial charge is 0.354 e. The summed E-state index contributed by atoms with van der Waals surface area (Å²) < 4.78 is 34.3. The maximum atomic E-state index is 12.7. The topological polar surface area (TPSA) is 105 Å². The molecule has 2 N–H and O–H groups in total. The van der Waals surface area contributed by atoms with Crippen molar-refractivity contribution < 1.29 is 12.9 Å². The number of nitrogens with zero attached hydrogens (tertiary/aromatic N) is 1. The van der Waals surface area contributed by atoms with Crippen LogP contribution in [0.4, 0.5) is 5.82 Å². The summed E-state index contributed by atoms with van der Waals surface area (Å²) in [6, 6.07) is 8.44. The molecule has 0 atom stereocenters. The number of anilines is 1. The number of hydrogen-bond acceptors (Lipinski definition) is 5. The molecule has 0 bridgehead atoms. The zero-order valence-corrected chi connectivity index (χ0v) is 16.4. The van der Waals surface area contributed by atoms with Gasteiger partial charge in [0.2, 0.25) is 5.56 Å². The van der Waals surface area contributed by atoms with Crippen molar-refractivity contribution in [3.8, 4) is 11.3 Å². The Morgan fingerprint density at radius 1 is 1.22 bits per heavy atom. The van der Waals surface area contributed by atoms with Crippen molar-refractivity contribution in [3.05, 3.63) is 62.5 Å². The number of pyridine rings is 1. The quantitative estimate of drug-likeness (QED) is 0.641. The molecule has 1 spiro atoms. The molecule has 0 unspecified atom stereocenters. The SMILES string of the molecule is O=c1cc(S(=O)(=O)Nc2noc3c2CC2(CC2)c2ccc(Br)cc2-3)cc[nH]1. The Kier molecular flexibility index (Phi) is 3.45. The first-order valence-electron chi connectivity index (χ1n) is 8.39. The number of H-pyrrole nitrogens is 1. The minimum Gasteiger partial charge on any atom is -0.354 e. The van der Waals surface area contributed by atoms with Gasteiger partial charge in [0.1, 0.15) is 0 Å². The molecule has 1 aromatic carbocycles. The lowest BCUT2D eigenvalue weighted by molar-refractivity contribution is 0.431. The van der Waals surface area contributed by atoms with Crippen LogP contribution in [0.2, 0.25) is 0 Å². The van der Waals surface area contributed by atoms with Crippen LogP contribution >= 0.6 is 15.9 Å². The van der Waals surface area contributed by atoms with Crippen LogP contribution in [-0.2, 0) is 21.9 Å². The van der Waals surface area contributed by atoms with Gasteiger partial charge in [-0.05, 0) is 43.0 Å². The highest BCUT2D eigenvalue weighted by atomic mass is 79.9. The molecule has 2 aromatic heterocycles. The lowest BCUT2D eigenvalue weighted by Gasteiger charge is -2.24. The van der Waals surface area contributed by atoms with E-state index in [4.69, 9.17) is 4.52 Å². The monoisotopic (exact) mass is 447 g/mol. The molecular weight excluding hydrogens is 434 g/mol. The summed E-state index contributed by atoms with van der Waals surface area (Å²) in [4.78, 5) is 13.7. The average molecular weight is 448 g/mol. The fraction of sp³-hybridized carbons (Fsp3) is 0.222. The molecule has 138 valence electrons. The van der Waals surface area contributed by atoms with Gasteiger partial charge in [0.25, 0.3) is 10.0 Å². The Morgan fingerprint density at radius 2 is 2.04 bits per heavy atom. The minimum atomic E-state index is -3.94. The first-order valence-corrected chi connectivity index (χ1v) is 10.7. The number of nitrogens with one attached hydrogen (secondary N) is 2. The van der Waals surface area contributed by atoms with Crippen molar-refractivity contribution in [2.75, 3.05) is 4.72 Å². The summed E-state index contributed by atoms with van der Waals surface area (Å²) in [5.74, 6) is 0.773. The zero-order valence-electron chi connectivity index (χ0n) is 14.0. The summed E-state index contributed by atoms with van der Waals surface area (Å²) in [5, 5.41) is 3.99. The van der Waals surface area contributed by atoms with E-state index < -0.39 is 15.6 Å². The molecule has 0 saturated heterocycles. The van der Waals surface area contributed by atoms with Gasteiger partial charge in [0.05, 0.1) is 4.90 Å². The molecule has 2 aliphatic carbocycles. The molecular formula is C18H14BrN3O4S. The third-order valence-corrected chi connectivity index (χ3v) is 7.07. The van der Waals surface area contributed by atoms with Crippen LogP contribution in [0.3, 0.4) is 0 Å². The van der Waals surface area contributed by atoms with Crippen molar-refractivity contribution in [2.24, 2.45) is 0 Å². The molecule has 9 heteroatoms. The van der Waals surface area contributed by atoms with E-state index in [9.17, 15) is 13.2 Å². The zero-order chi connectivity index (χ0) is 18.8. The van der Waals surface area contributed by atoms with Gasteiger partial charge in [0.15, 0.2) is 11.6 Å². The third kappa shape index (κ3) is 2.64. The number of hydrogen-bond donors (Lipinski definition) is 2. The highest BCUT2D eigenvalue weighted by Crippen LogP contribution is 2.58. The van der Waals surface area contributed by atoms with Crippen LogP contribution in [0.5, 0.6) is 0 Å². The van der Waals surface area contributed by atoms with Crippen molar-refractivity contribution >= 4 is 31.8 Å². The summed E-state index contributed by atoms with van der Waals surface area (Å²) in [7, 11) is -3.94. The second-order valence-corrected chi connectivity index (χ2v) is 9.58. The number of benzene rings is 1. The first kappa shape index (κ1) is 16.8. The molecule has 3 aromatic rings. The van der Waals surface area contributed by atoms with E-state index in [1.807, 2.05) is 12.1 Å². The van der Waals surface area contributed by atoms with Gasteiger partial charge in [-0.25, -0.2) is 8.42 Å². The van der Waals surface area contributed by atoms with Gasteiger partial charge < -0.3 is 9.51 Å². The highest BCUT2D eigenvalue weighted by molar-refractivity contribution is 9.10. The Morgan fingerprint density at radius 3 is 2.78 bits per heavy atom. The van der Waals surface area contributed by atoms with E-state index >= 15 is 0 Å². The average Bonchev–Trinajstić information content (AvgIpc) is 3.29. The second kappa shape index (κ2) is 5.56. The van der Waals surface area contributed by atoms with Crippen molar-refractivity contribution in [2.45, 2.75) is 29.6 Å². The first-order chi connectivity index (χ1) is 12.9. The lowest BCUT2D eigenvalue weighted by atomic mass is 9.79. The summed E-state index contributed by atoms with van der Waals surface area (Å²) in [5.41, 5.74) is 2.46. The van der Waals surface area contributed by atoms with E-state index in [0.717, 1.165) is 34.5 Å². The Bertz CT molecular complexity index is 1240. The normalized spacial score (nSPS) is 16.6. The van der Waals surface area contributed by atoms with Crippen LogP contribution in [0.1, 0.15) is 24.0 Å². The van der Waals surface area contributed by atoms with Crippen LogP contribution in [0, 0.1) is 0 Å². The summed E-state index contributed by atoms with van der Waals surface area (Å²) >= 11 is 3.49. The number of fused-ring (bicyclic) bond motifs is 4. The molecule has 1 saturated carbocycles. The molecule has 2 aliphatic rings. The molecule has 0 amide bonds. The Labute approximate surface area is 163 Å². The second-order valence-electron chi connectivity index (χ2n) is 6.98. The number of halogens is 1. The van der Waals surface area contributed by atoms with Crippen LogP contribution in [0.25, 0.3) is 11.3 Å². The maximum absolute atomic E-state index is 12.7. The van der Waals surface area contributed by atoms with Gasteiger partial charge >= 0.3 is 0 Å². The van der Waals surface area contributed by atoms with Crippen LogP contribution < -0.4 is 10.3 Å². The fourth-order valence-electron chi connectivity index (χ4n) is 3.74.